The van der Waals surface area contributed by atoms with Gasteiger partial charge >= 0.3 is 0 Å². The number of hydrogen-bond acceptors (Lipinski definition) is 5. The van der Waals surface area contributed by atoms with Crippen LogP contribution in [0, 0.1) is 5.92 Å². The van der Waals surface area contributed by atoms with Crippen molar-refractivity contribution in [2.24, 2.45) is 5.92 Å². The number of carbonyl (C=O) groups is 1. The van der Waals surface area contributed by atoms with Crippen LogP contribution in [0.5, 0.6) is 0 Å². The molecule has 0 unspecified atom stereocenters. The Bertz CT molecular complexity index is 730. The Morgan fingerprint density at radius 3 is 2.88 bits per heavy atom. The molecule has 1 amide bonds. The number of amides is 1. The van der Waals surface area contributed by atoms with Gasteiger partial charge in [0.1, 0.15) is 0 Å². The fraction of sp³-hybridized carbons (Fsp3) is 0.526. The fourth-order valence-electron chi connectivity index (χ4n) is 3.95. The first kappa shape index (κ1) is 16.3. The Kier molecular flexibility index (Phi) is 4.53. The molecule has 3 aliphatic heterocycles. The number of piperidine rings is 1. The van der Waals surface area contributed by atoms with E-state index in [1.165, 1.54) is 0 Å². The zero-order chi connectivity index (χ0) is 17.2. The van der Waals surface area contributed by atoms with Crippen LogP contribution in [0.25, 0.3) is 0 Å². The van der Waals surface area contributed by atoms with E-state index >= 15 is 0 Å². The number of nitrogens with zero attached hydrogens (tertiary/aromatic N) is 4. The summed E-state index contributed by atoms with van der Waals surface area (Å²) in [7, 11) is 0. The molecule has 5 rings (SSSR count). The molecular weight excluding hydrogens is 316 g/mol. The van der Waals surface area contributed by atoms with Crippen LogP contribution in [0.2, 0.25) is 0 Å². The second-order valence-electron chi connectivity index (χ2n) is 7.05. The summed E-state index contributed by atoms with van der Waals surface area (Å²) in [6.45, 7) is 5.09. The molecule has 2 atom stereocenters. The summed E-state index contributed by atoms with van der Waals surface area (Å²) in [5.41, 5.74) is 1.94. The summed E-state index contributed by atoms with van der Waals surface area (Å²) in [6.07, 6.45) is 4.72. The molecule has 3 fully saturated rings. The topological polar surface area (TPSA) is 62.5 Å². The van der Waals surface area contributed by atoms with E-state index in [0.717, 1.165) is 56.0 Å². The van der Waals surface area contributed by atoms with Gasteiger partial charge in [0, 0.05) is 31.4 Å². The summed E-state index contributed by atoms with van der Waals surface area (Å²) in [5.74, 6) is 1.24. The zero-order valence-corrected chi connectivity index (χ0v) is 14.6. The van der Waals surface area contributed by atoms with Crippen LogP contribution in [-0.2, 0) is 24.3 Å². The van der Waals surface area contributed by atoms with E-state index in [1.54, 1.807) is 6.20 Å². The molecular formula is C19H24N4O2. The van der Waals surface area contributed by atoms with Gasteiger partial charge in [0.05, 0.1) is 30.4 Å². The molecule has 2 aromatic heterocycles. The van der Waals surface area contributed by atoms with Gasteiger partial charge in [-0.3, -0.25) is 14.7 Å². The molecule has 5 heterocycles. The van der Waals surface area contributed by atoms with Crippen molar-refractivity contribution in [2.75, 3.05) is 13.1 Å². The number of pyridine rings is 1. The minimum Gasteiger partial charge on any atom is -0.360 e. The molecule has 2 aromatic rings. The first-order chi connectivity index (χ1) is 12.2. The minimum atomic E-state index is 0.0797. The SMILES string of the molecule is CCc1cc(CN2C[C@@H]3CC[C@H](C2)N(Cc2ccccn2)C3=O)on1. The fourth-order valence-corrected chi connectivity index (χ4v) is 3.95. The van der Waals surface area contributed by atoms with E-state index in [9.17, 15) is 4.79 Å². The van der Waals surface area contributed by atoms with Crippen LogP contribution in [0.1, 0.15) is 36.9 Å². The van der Waals surface area contributed by atoms with Crippen molar-refractivity contribution in [1.82, 2.24) is 19.9 Å². The number of hydrogen-bond donors (Lipinski definition) is 0. The number of fused-ring (bicyclic) bond motifs is 4. The highest BCUT2D eigenvalue weighted by Crippen LogP contribution is 2.30. The molecule has 2 bridgehead atoms. The standard InChI is InChI=1S/C19H24N4O2/c1-2-15-9-18(25-21-15)13-22-10-14-6-7-17(12-22)23(19(14)24)11-16-5-3-4-8-20-16/h3-5,8-9,14,17H,2,6-7,10-13H2,1H3/t14-,17+/m0/s1. The van der Waals surface area contributed by atoms with Gasteiger partial charge in [-0.2, -0.15) is 0 Å². The van der Waals surface area contributed by atoms with E-state index in [4.69, 9.17) is 4.52 Å². The summed E-state index contributed by atoms with van der Waals surface area (Å²) < 4.78 is 5.44. The van der Waals surface area contributed by atoms with Gasteiger partial charge < -0.3 is 9.42 Å². The summed E-state index contributed by atoms with van der Waals surface area (Å²) in [5, 5.41) is 4.08. The molecule has 0 radical (unpaired) electrons. The van der Waals surface area contributed by atoms with Crippen molar-refractivity contribution in [3.05, 3.63) is 47.6 Å². The van der Waals surface area contributed by atoms with Crippen molar-refractivity contribution < 1.29 is 9.32 Å². The summed E-state index contributed by atoms with van der Waals surface area (Å²) >= 11 is 0. The number of aryl methyl sites for hydroxylation is 1. The van der Waals surface area contributed by atoms with Gasteiger partial charge in [-0.15, -0.1) is 0 Å². The van der Waals surface area contributed by atoms with Gasteiger partial charge in [-0.05, 0) is 31.4 Å². The number of rotatable bonds is 5. The van der Waals surface area contributed by atoms with Gasteiger partial charge in [0.2, 0.25) is 5.91 Å². The van der Waals surface area contributed by atoms with E-state index in [1.807, 2.05) is 29.2 Å². The predicted molar refractivity (Wildman–Crippen MR) is 92.5 cm³/mol. The maximum atomic E-state index is 12.9. The van der Waals surface area contributed by atoms with Crippen molar-refractivity contribution >= 4 is 5.91 Å². The largest absolute Gasteiger partial charge is 0.360 e. The first-order valence-corrected chi connectivity index (χ1v) is 9.10. The summed E-state index contributed by atoms with van der Waals surface area (Å²) in [6, 6.07) is 8.15. The lowest BCUT2D eigenvalue weighted by molar-refractivity contribution is -0.140. The Balaban J connectivity index is 1.48. The average molecular weight is 340 g/mol. The molecule has 132 valence electrons. The quantitative estimate of drug-likeness (QED) is 0.835. The molecule has 6 heteroatoms. The predicted octanol–water partition coefficient (Wildman–Crippen LogP) is 2.25. The third-order valence-corrected chi connectivity index (χ3v) is 5.28. The monoisotopic (exact) mass is 340 g/mol. The van der Waals surface area contributed by atoms with Crippen LogP contribution in [-0.4, -0.2) is 45.0 Å². The van der Waals surface area contributed by atoms with E-state index < -0.39 is 0 Å². The number of aromatic nitrogens is 2. The third kappa shape index (κ3) is 3.44. The van der Waals surface area contributed by atoms with E-state index in [0.29, 0.717) is 6.54 Å². The van der Waals surface area contributed by atoms with Gasteiger partial charge in [0.15, 0.2) is 5.76 Å². The zero-order valence-electron chi connectivity index (χ0n) is 14.6. The second kappa shape index (κ2) is 6.96. The molecule has 6 nitrogen and oxygen atoms in total. The van der Waals surface area contributed by atoms with Crippen LogP contribution < -0.4 is 0 Å². The van der Waals surface area contributed by atoms with Crippen LogP contribution in [0.4, 0.5) is 0 Å². The lowest BCUT2D eigenvalue weighted by Crippen LogP contribution is -2.47. The molecule has 3 saturated heterocycles. The van der Waals surface area contributed by atoms with Crippen LogP contribution in [0.15, 0.2) is 35.0 Å². The third-order valence-electron chi connectivity index (χ3n) is 5.28. The van der Waals surface area contributed by atoms with Crippen molar-refractivity contribution in [1.29, 1.82) is 0 Å². The van der Waals surface area contributed by atoms with Gasteiger partial charge in [0.25, 0.3) is 0 Å². The average Bonchev–Trinajstić information content (AvgIpc) is 2.93. The molecule has 0 N–H and O–H groups in total. The lowest BCUT2D eigenvalue weighted by Gasteiger charge is -2.35. The normalized spacial score (nSPS) is 23.9. The highest BCUT2D eigenvalue weighted by Gasteiger charge is 2.40. The smallest absolute Gasteiger partial charge is 0.227 e. The number of carbonyl (C=O) groups excluding carboxylic acids is 1. The van der Waals surface area contributed by atoms with Crippen molar-refractivity contribution in [3.8, 4) is 0 Å². The maximum absolute atomic E-state index is 12.9. The Hall–Kier alpha value is -2.21. The first-order valence-electron chi connectivity index (χ1n) is 9.10. The van der Waals surface area contributed by atoms with Crippen LogP contribution >= 0.6 is 0 Å². The second-order valence-corrected chi connectivity index (χ2v) is 7.05. The van der Waals surface area contributed by atoms with E-state index in [-0.39, 0.29) is 17.9 Å². The molecule has 0 aromatic carbocycles. The van der Waals surface area contributed by atoms with E-state index in [2.05, 4.69) is 22.0 Å². The van der Waals surface area contributed by atoms with Gasteiger partial charge in [-0.1, -0.05) is 18.1 Å². The maximum Gasteiger partial charge on any atom is 0.227 e. The molecule has 3 aliphatic rings. The molecule has 0 spiro atoms. The molecule has 25 heavy (non-hydrogen) atoms. The van der Waals surface area contributed by atoms with Crippen LogP contribution in [0.3, 0.4) is 0 Å². The highest BCUT2D eigenvalue weighted by atomic mass is 16.5. The Morgan fingerprint density at radius 2 is 2.12 bits per heavy atom. The van der Waals surface area contributed by atoms with Gasteiger partial charge in [-0.25, -0.2) is 0 Å². The minimum absolute atomic E-state index is 0.0797. The molecule has 0 saturated carbocycles. The van der Waals surface area contributed by atoms with Crippen molar-refractivity contribution in [3.63, 3.8) is 0 Å². The Labute approximate surface area is 147 Å². The lowest BCUT2D eigenvalue weighted by atomic mass is 9.94. The Morgan fingerprint density at radius 1 is 1.20 bits per heavy atom. The molecule has 0 aliphatic carbocycles. The summed E-state index contributed by atoms with van der Waals surface area (Å²) in [4.78, 5) is 21.7. The van der Waals surface area contributed by atoms with Crippen molar-refractivity contribution in [2.45, 2.75) is 45.3 Å². The highest BCUT2D eigenvalue weighted by molar-refractivity contribution is 5.80.